The number of nitrogens with one attached hydrogen (secondary N) is 1. The second kappa shape index (κ2) is 8.00. The predicted molar refractivity (Wildman–Crippen MR) is 120 cm³/mol. The van der Waals surface area contributed by atoms with E-state index in [9.17, 15) is 13.2 Å². The first-order chi connectivity index (χ1) is 15.3. The SMILES string of the molecule is Cc1nn(C)c2nc(-c3ccco3)cc(C(=O)NC3CS(=O)(=O)CC3N3CCCCC3)c12. The molecule has 10 heteroatoms. The lowest BCUT2D eigenvalue weighted by molar-refractivity contribution is 0.0901. The van der Waals surface area contributed by atoms with Gasteiger partial charge in [0.1, 0.15) is 5.69 Å². The molecule has 5 rings (SSSR count). The van der Waals surface area contributed by atoms with Crippen LogP contribution in [0.3, 0.4) is 0 Å². The number of hydrogen-bond donors (Lipinski definition) is 1. The summed E-state index contributed by atoms with van der Waals surface area (Å²) in [6, 6.07) is 4.61. The van der Waals surface area contributed by atoms with E-state index in [1.54, 1.807) is 36.2 Å². The van der Waals surface area contributed by atoms with Crippen molar-refractivity contribution in [3.63, 3.8) is 0 Å². The number of hydrogen-bond acceptors (Lipinski definition) is 7. The van der Waals surface area contributed by atoms with E-state index in [4.69, 9.17) is 4.42 Å². The Morgan fingerprint density at radius 2 is 2.00 bits per heavy atom. The Balaban J connectivity index is 1.51. The lowest BCUT2D eigenvalue weighted by Crippen LogP contribution is -2.52. The Labute approximate surface area is 186 Å². The minimum atomic E-state index is -3.21. The number of aryl methyl sites for hydroxylation is 2. The third-order valence-electron chi connectivity index (χ3n) is 6.49. The van der Waals surface area contributed by atoms with Crippen LogP contribution in [0.15, 0.2) is 28.9 Å². The molecule has 5 heterocycles. The monoisotopic (exact) mass is 457 g/mol. The number of aromatic nitrogens is 3. The zero-order valence-electron chi connectivity index (χ0n) is 18.2. The van der Waals surface area contributed by atoms with Gasteiger partial charge in [-0.1, -0.05) is 6.42 Å². The number of amides is 1. The van der Waals surface area contributed by atoms with Crippen LogP contribution < -0.4 is 5.32 Å². The number of likely N-dealkylation sites (tertiary alicyclic amines) is 1. The molecule has 2 unspecified atom stereocenters. The molecule has 0 radical (unpaired) electrons. The van der Waals surface area contributed by atoms with Gasteiger partial charge in [0.2, 0.25) is 0 Å². The molecule has 0 bridgehead atoms. The Morgan fingerprint density at radius 3 is 2.72 bits per heavy atom. The maximum atomic E-state index is 13.5. The molecule has 32 heavy (non-hydrogen) atoms. The molecule has 2 saturated heterocycles. The molecule has 0 aromatic carbocycles. The third-order valence-corrected chi connectivity index (χ3v) is 8.20. The summed E-state index contributed by atoms with van der Waals surface area (Å²) in [5.74, 6) is 0.290. The van der Waals surface area contributed by atoms with Gasteiger partial charge in [0, 0.05) is 13.1 Å². The van der Waals surface area contributed by atoms with Crippen LogP contribution in [0.5, 0.6) is 0 Å². The van der Waals surface area contributed by atoms with Gasteiger partial charge in [0.05, 0.1) is 40.5 Å². The smallest absolute Gasteiger partial charge is 0.252 e. The van der Waals surface area contributed by atoms with Crippen molar-refractivity contribution in [1.82, 2.24) is 25.0 Å². The normalized spacial score (nSPS) is 23.6. The highest BCUT2D eigenvalue weighted by Crippen LogP contribution is 2.28. The van der Waals surface area contributed by atoms with E-state index < -0.39 is 15.9 Å². The van der Waals surface area contributed by atoms with Gasteiger partial charge in [0.25, 0.3) is 5.91 Å². The summed E-state index contributed by atoms with van der Waals surface area (Å²) in [5, 5.41) is 8.15. The Hall–Kier alpha value is -2.72. The van der Waals surface area contributed by atoms with Crippen LogP contribution in [0.25, 0.3) is 22.5 Å². The molecule has 0 aliphatic carbocycles. The van der Waals surface area contributed by atoms with E-state index in [1.165, 1.54) is 0 Å². The van der Waals surface area contributed by atoms with Crippen molar-refractivity contribution in [2.45, 2.75) is 38.3 Å². The second-order valence-corrected chi connectivity index (χ2v) is 10.9. The van der Waals surface area contributed by atoms with Crippen LogP contribution in [0, 0.1) is 6.92 Å². The van der Waals surface area contributed by atoms with Gasteiger partial charge in [0.15, 0.2) is 21.2 Å². The highest BCUT2D eigenvalue weighted by Gasteiger charge is 2.42. The molecule has 2 atom stereocenters. The molecule has 2 aliphatic heterocycles. The van der Waals surface area contributed by atoms with Crippen molar-refractivity contribution in [3.8, 4) is 11.5 Å². The average Bonchev–Trinajstić information content (AvgIpc) is 3.47. The van der Waals surface area contributed by atoms with Crippen LogP contribution in [-0.4, -0.2) is 70.7 Å². The summed E-state index contributed by atoms with van der Waals surface area (Å²) in [6.07, 6.45) is 4.84. The zero-order valence-corrected chi connectivity index (χ0v) is 19.1. The Kier molecular flexibility index (Phi) is 5.29. The molecular weight excluding hydrogens is 430 g/mol. The molecule has 170 valence electrons. The fourth-order valence-corrected chi connectivity index (χ4v) is 6.95. The number of rotatable bonds is 4. The molecule has 9 nitrogen and oxygen atoms in total. The molecule has 2 fully saturated rings. The number of fused-ring (bicyclic) bond motifs is 1. The van der Waals surface area contributed by atoms with Crippen molar-refractivity contribution in [1.29, 1.82) is 0 Å². The number of sulfone groups is 1. The fourth-order valence-electron chi connectivity index (χ4n) is 5.00. The van der Waals surface area contributed by atoms with Gasteiger partial charge in [-0.2, -0.15) is 5.10 Å². The van der Waals surface area contributed by atoms with Crippen LogP contribution in [-0.2, 0) is 16.9 Å². The van der Waals surface area contributed by atoms with Gasteiger partial charge in [-0.15, -0.1) is 0 Å². The topological polar surface area (TPSA) is 110 Å². The van der Waals surface area contributed by atoms with Crippen molar-refractivity contribution in [2.75, 3.05) is 24.6 Å². The Bertz CT molecular complexity index is 1260. The number of furan rings is 1. The van der Waals surface area contributed by atoms with E-state index in [2.05, 4.69) is 20.3 Å². The van der Waals surface area contributed by atoms with Crippen LogP contribution >= 0.6 is 0 Å². The van der Waals surface area contributed by atoms with Gasteiger partial charge in [-0.25, -0.2) is 13.4 Å². The number of carbonyl (C=O) groups excluding carboxylic acids is 1. The molecule has 2 aliphatic rings. The molecule has 3 aromatic heterocycles. The van der Waals surface area contributed by atoms with Crippen molar-refractivity contribution in [3.05, 3.63) is 35.7 Å². The lowest BCUT2D eigenvalue weighted by atomic mass is 10.0. The molecular formula is C22H27N5O4S. The molecule has 1 N–H and O–H groups in total. The quantitative estimate of drug-likeness (QED) is 0.637. The number of pyridine rings is 1. The molecule has 3 aromatic rings. The number of carbonyl (C=O) groups is 1. The Morgan fingerprint density at radius 1 is 1.22 bits per heavy atom. The minimum Gasteiger partial charge on any atom is -0.463 e. The summed E-state index contributed by atoms with van der Waals surface area (Å²) in [5.41, 5.74) is 2.22. The number of piperidine rings is 1. The summed E-state index contributed by atoms with van der Waals surface area (Å²) < 4.78 is 32.1. The van der Waals surface area contributed by atoms with Crippen LogP contribution in [0.2, 0.25) is 0 Å². The van der Waals surface area contributed by atoms with Crippen molar-refractivity contribution >= 4 is 26.8 Å². The first kappa shape index (κ1) is 21.1. The van der Waals surface area contributed by atoms with E-state index in [0.29, 0.717) is 33.7 Å². The first-order valence-electron chi connectivity index (χ1n) is 11.0. The molecule has 0 saturated carbocycles. The van der Waals surface area contributed by atoms with Crippen LogP contribution in [0.4, 0.5) is 0 Å². The van der Waals surface area contributed by atoms with Crippen molar-refractivity contribution in [2.24, 2.45) is 7.05 Å². The largest absolute Gasteiger partial charge is 0.463 e. The molecule has 0 spiro atoms. The number of nitrogens with zero attached hydrogens (tertiary/aromatic N) is 4. The van der Waals surface area contributed by atoms with E-state index in [1.807, 2.05) is 6.92 Å². The van der Waals surface area contributed by atoms with Gasteiger partial charge >= 0.3 is 0 Å². The van der Waals surface area contributed by atoms with Crippen molar-refractivity contribution < 1.29 is 17.6 Å². The maximum Gasteiger partial charge on any atom is 0.252 e. The summed E-state index contributed by atoms with van der Waals surface area (Å²) in [7, 11) is -1.43. The minimum absolute atomic E-state index is 0.0365. The third kappa shape index (κ3) is 3.81. The highest BCUT2D eigenvalue weighted by atomic mass is 32.2. The van der Waals surface area contributed by atoms with Gasteiger partial charge < -0.3 is 9.73 Å². The highest BCUT2D eigenvalue weighted by molar-refractivity contribution is 7.91. The fraction of sp³-hybridized carbons (Fsp3) is 0.500. The maximum absolute atomic E-state index is 13.5. The summed E-state index contributed by atoms with van der Waals surface area (Å²) >= 11 is 0. The average molecular weight is 458 g/mol. The van der Waals surface area contributed by atoms with E-state index in [-0.39, 0.29) is 23.5 Å². The van der Waals surface area contributed by atoms with Crippen LogP contribution in [0.1, 0.15) is 35.3 Å². The summed E-state index contributed by atoms with van der Waals surface area (Å²) in [4.78, 5) is 20.4. The van der Waals surface area contributed by atoms with E-state index >= 15 is 0 Å². The molecule has 1 amide bonds. The second-order valence-electron chi connectivity index (χ2n) is 8.76. The van der Waals surface area contributed by atoms with E-state index in [0.717, 1.165) is 32.4 Å². The zero-order chi connectivity index (χ0) is 22.5. The predicted octanol–water partition coefficient (Wildman–Crippen LogP) is 1.92. The first-order valence-corrected chi connectivity index (χ1v) is 12.8. The standard InChI is InChI=1S/C22H27N5O4S/c1-14-20-15(11-16(19-7-6-10-31-19)23-21(20)26(2)25-14)22(28)24-17-12-32(29,30)13-18(17)27-8-4-3-5-9-27/h6-7,10-11,17-18H,3-5,8-9,12-13H2,1-2H3,(H,24,28). The van der Waals surface area contributed by atoms with Gasteiger partial charge in [-0.05, 0) is 51.1 Å². The summed E-state index contributed by atoms with van der Waals surface area (Å²) in [6.45, 7) is 3.58. The van der Waals surface area contributed by atoms with Gasteiger partial charge in [-0.3, -0.25) is 14.4 Å². The lowest BCUT2D eigenvalue weighted by Gasteiger charge is -2.35.